The van der Waals surface area contributed by atoms with E-state index >= 15 is 0 Å². The van der Waals surface area contributed by atoms with Crippen LogP contribution in [0.4, 0.5) is 0 Å². The van der Waals surface area contributed by atoms with E-state index in [1.807, 2.05) is 13.0 Å². The van der Waals surface area contributed by atoms with Crippen molar-refractivity contribution < 1.29 is 4.74 Å². The second-order valence-corrected chi connectivity index (χ2v) is 2.78. The van der Waals surface area contributed by atoms with E-state index in [0.29, 0.717) is 5.70 Å². The van der Waals surface area contributed by atoms with Crippen molar-refractivity contribution in [3.05, 3.63) is 24.4 Å². The normalized spacial score (nSPS) is 16.6. The molecule has 1 unspecified atom stereocenters. The molecule has 64 valence electrons. The second-order valence-electron chi connectivity index (χ2n) is 2.78. The molecule has 0 aliphatic carbocycles. The summed E-state index contributed by atoms with van der Waals surface area (Å²) < 4.78 is 5.25. The smallest absolute Gasteiger partial charge is 0.0831 e. The molecule has 0 saturated heterocycles. The first-order valence-electron chi connectivity index (χ1n) is 3.73. The molecule has 0 heterocycles. The van der Waals surface area contributed by atoms with Gasteiger partial charge in [0.15, 0.2) is 0 Å². The summed E-state index contributed by atoms with van der Waals surface area (Å²) >= 11 is 0. The average Bonchev–Trinajstić information content (AvgIpc) is 2.00. The van der Waals surface area contributed by atoms with Crippen LogP contribution in [-0.4, -0.2) is 12.7 Å². The summed E-state index contributed by atoms with van der Waals surface area (Å²) in [6.07, 6.45) is 4.62. The van der Waals surface area contributed by atoms with Crippen LogP contribution in [0, 0.1) is 0 Å². The van der Waals surface area contributed by atoms with Crippen LogP contribution in [0.5, 0.6) is 0 Å². The first kappa shape index (κ1) is 10.2. The molecule has 0 spiro atoms. The van der Waals surface area contributed by atoms with Crippen molar-refractivity contribution in [1.29, 1.82) is 0 Å². The number of methoxy groups -OCH3 is 1. The Morgan fingerprint density at radius 3 is 2.55 bits per heavy atom. The van der Waals surface area contributed by atoms with Gasteiger partial charge in [0, 0.05) is 12.8 Å². The van der Waals surface area contributed by atoms with Crippen molar-refractivity contribution >= 4 is 0 Å². The van der Waals surface area contributed by atoms with Crippen LogP contribution in [0.15, 0.2) is 24.4 Å². The standard InChI is InChI=1S/C9H17NO/c1-5-9(3,11-4)7-6-8(2)10/h6-7H,2,5,10H2,1,3-4H3/b7-6-. The number of hydrogen-bond acceptors (Lipinski definition) is 2. The van der Waals surface area contributed by atoms with Gasteiger partial charge >= 0.3 is 0 Å². The largest absolute Gasteiger partial charge is 0.399 e. The molecule has 0 amide bonds. The molecule has 0 aromatic carbocycles. The van der Waals surface area contributed by atoms with Crippen LogP contribution in [0.3, 0.4) is 0 Å². The van der Waals surface area contributed by atoms with Crippen molar-refractivity contribution in [3.8, 4) is 0 Å². The minimum atomic E-state index is -0.206. The zero-order valence-electron chi connectivity index (χ0n) is 7.55. The van der Waals surface area contributed by atoms with E-state index in [2.05, 4.69) is 13.5 Å². The van der Waals surface area contributed by atoms with Gasteiger partial charge in [-0.05, 0) is 19.4 Å². The van der Waals surface area contributed by atoms with E-state index in [9.17, 15) is 0 Å². The van der Waals surface area contributed by atoms with Gasteiger partial charge in [0.05, 0.1) is 5.60 Å². The number of hydrogen-bond donors (Lipinski definition) is 1. The van der Waals surface area contributed by atoms with Crippen LogP contribution in [-0.2, 0) is 4.74 Å². The molecule has 0 aromatic rings. The predicted octanol–water partition coefficient (Wildman–Crippen LogP) is 1.83. The molecular formula is C9H17NO. The topological polar surface area (TPSA) is 35.2 Å². The third kappa shape index (κ3) is 3.83. The lowest BCUT2D eigenvalue weighted by molar-refractivity contribution is 0.0456. The van der Waals surface area contributed by atoms with E-state index in [4.69, 9.17) is 10.5 Å². The van der Waals surface area contributed by atoms with Crippen LogP contribution < -0.4 is 5.73 Å². The minimum Gasteiger partial charge on any atom is -0.399 e. The Morgan fingerprint density at radius 1 is 1.73 bits per heavy atom. The molecule has 2 nitrogen and oxygen atoms in total. The molecule has 0 aliphatic heterocycles. The quantitative estimate of drug-likeness (QED) is 0.629. The van der Waals surface area contributed by atoms with Gasteiger partial charge in [-0.15, -0.1) is 0 Å². The third-order valence-corrected chi connectivity index (χ3v) is 1.82. The Labute approximate surface area is 68.7 Å². The fraction of sp³-hybridized carbons (Fsp3) is 0.556. The Hall–Kier alpha value is -0.760. The number of allylic oxidation sites excluding steroid dienone is 1. The number of ether oxygens (including phenoxy) is 1. The highest BCUT2D eigenvalue weighted by atomic mass is 16.5. The van der Waals surface area contributed by atoms with E-state index in [1.165, 1.54) is 0 Å². The monoisotopic (exact) mass is 155 g/mol. The van der Waals surface area contributed by atoms with E-state index in [-0.39, 0.29) is 5.60 Å². The molecule has 1 atom stereocenters. The van der Waals surface area contributed by atoms with Gasteiger partial charge in [-0.3, -0.25) is 0 Å². The molecule has 0 bridgehead atoms. The van der Waals surface area contributed by atoms with E-state index in [0.717, 1.165) is 6.42 Å². The molecule has 0 aliphatic rings. The van der Waals surface area contributed by atoms with Gasteiger partial charge < -0.3 is 10.5 Å². The van der Waals surface area contributed by atoms with Gasteiger partial charge in [0.25, 0.3) is 0 Å². The van der Waals surface area contributed by atoms with Crippen LogP contribution in [0.25, 0.3) is 0 Å². The first-order valence-corrected chi connectivity index (χ1v) is 3.73. The highest BCUT2D eigenvalue weighted by molar-refractivity contribution is 5.14. The van der Waals surface area contributed by atoms with Gasteiger partial charge in [-0.25, -0.2) is 0 Å². The maximum atomic E-state index is 5.37. The predicted molar refractivity (Wildman–Crippen MR) is 48.2 cm³/mol. The Morgan fingerprint density at radius 2 is 2.27 bits per heavy atom. The summed E-state index contributed by atoms with van der Waals surface area (Å²) in [6.45, 7) is 7.63. The van der Waals surface area contributed by atoms with Crippen LogP contribution in [0.2, 0.25) is 0 Å². The van der Waals surface area contributed by atoms with Crippen molar-refractivity contribution in [2.45, 2.75) is 25.9 Å². The third-order valence-electron chi connectivity index (χ3n) is 1.82. The van der Waals surface area contributed by atoms with Gasteiger partial charge in [-0.1, -0.05) is 19.6 Å². The molecule has 0 saturated carbocycles. The second kappa shape index (κ2) is 4.19. The maximum Gasteiger partial charge on any atom is 0.0831 e. The van der Waals surface area contributed by atoms with Gasteiger partial charge in [0.1, 0.15) is 0 Å². The maximum absolute atomic E-state index is 5.37. The molecule has 0 aromatic heterocycles. The lowest BCUT2D eigenvalue weighted by Gasteiger charge is -2.21. The van der Waals surface area contributed by atoms with E-state index in [1.54, 1.807) is 13.2 Å². The first-order chi connectivity index (χ1) is 5.04. The Bertz CT molecular complexity index is 157. The average molecular weight is 155 g/mol. The van der Waals surface area contributed by atoms with Crippen LogP contribution >= 0.6 is 0 Å². The summed E-state index contributed by atoms with van der Waals surface area (Å²) in [7, 11) is 1.69. The Kier molecular flexibility index (Phi) is 3.90. The van der Waals surface area contributed by atoms with Crippen LogP contribution in [0.1, 0.15) is 20.3 Å². The lowest BCUT2D eigenvalue weighted by Crippen LogP contribution is -2.22. The molecule has 11 heavy (non-hydrogen) atoms. The van der Waals surface area contributed by atoms with Crippen molar-refractivity contribution in [3.63, 3.8) is 0 Å². The minimum absolute atomic E-state index is 0.206. The van der Waals surface area contributed by atoms with Crippen molar-refractivity contribution in [2.75, 3.05) is 7.11 Å². The summed E-state index contributed by atoms with van der Waals surface area (Å²) in [4.78, 5) is 0. The van der Waals surface area contributed by atoms with Crippen molar-refractivity contribution in [1.82, 2.24) is 0 Å². The molecule has 0 radical (unpaired) electrons. The van der Waals surface area contributed by atoms with E-state index < -0.39 is 0 Å². The number of nitrogens with two attached hydrogens (primary N) is 1. The zero-order valence-corrected chi connectivity index (χ0v) is 7.55. The summed E-state index contributed by atoms with van der Waals surface area (Å²) in [5, 5.41) is 0. The fourth-order valence-electron chi connectivity index (χ4n) is 0.614. The van der Waals surface area contributed by atoms with Gasteiger partial charge in [0.2, 0.25) is 0 Å². The highest BCUT2D eigenvalue weighted by Gasteiger charge is 2.15. The molecule has 0 fully saturated rings. The molecule has 2 N–H and O–H groups in total. The summed E-state index contributed by atoms with van der Waals surface area (Å²) in [5.74, 6) is 0. The highest BCUT2D eigenvalue weighted by Crippen LogP contribution is 2.15. The Balaban J connectivity index is 4.17. The molecular weight excluding hydrogens is 138 g/mol. The fourth-order valence-corrected chi connectivity index (χ4v) is 0.614. The SMILES string of the molecule is C=C(N)/C=C\C(C)(CC)OC. The van der Waals surface area contributed by atoms with Crippen molar-refractivity contribution in [2.24, 2.45) is 5.73 Å². The number of rotatable bonds is 4. The van der Waals surface area contributed by atoms with Gasteiger partial charge in [-0.2, -0.15) is 0 Å². The molecule has 2 heteroatoms. The lowest BCUT2D eigenvalue weighted by atomic mass is 10.0. The summed E-state index contributed by atoms with van der Waals surface area (Å²) in [5.41, 5.74) is 5.72. The summed E-state index contributed by atoms with van der Waals surface area (Å²) in [6, 6.07) is 0. The zero-order chi connectivity index (χ0) is 8.91. The molecule has 0 rings (SSSR count).